The number of carbonyl (C=O) groups is 1. The second-order valence-electron chi connectivity index (χ2n) is 5.21. The SMILES string of the molecule is CCCCCNC(=O)NCc1ccccc1S(=O)(=O)N(C)C. The van der Waals surface area contributed by atoms with Crippen molar-refractivity contribution in [3.63, 3.8) is 0 Å². The van der Waals surface area contributed by atoms with Crippen molar-refractivity contribution in [1.82, 2.24) is 14.9 Å². The first-order valence-corrected chi connectivity index (χ1v) is 8.85. The molecule has 2 amide bonds. The number of rotatable bonds is 8. The molecule has 124 valence electrons. The highest BCUT2D eigenvalue weighted by Crippen LogP contribution is 2.18. The largest absolute Gasteiger partial charge is 0.338 e. The Balaban J connectivity index is 2.66. The lowest BCUT2D eigenvalue weighted by Gasteiger charge is -2.15. The molecule has 0 fully saturated rings. The van der Waals surface area contributed by atoms with Crippen molar-refractivity contribution in [3.8, 4) is 0 Å². The minimum atomic E-state index is -3.52. The fraction of sp³-hybridized carbons (Fsp3) is 0.533. The van der Waals surface area contributed by atoms with Crippen LogP contribution in [0.25, 0.3) is 0 Å². The molecule has 1 rings (SSSR count). The van der Waals surface area contributed by atoms with Gasteiger partial charge in [0, 0.05) is 27.2 Å². The van der Waals surface area contributed by atoms with Gasteiger partial charge in [-0.3, -0.25) is 0 Å². The predicted octanol–water partition coefficient (Wildman–Crippen LogP) is 1.93. The first-order valence-electron chi connectivity index (χ1n) is 7.41. The lowest BCUT2D eigenvalue weighted by atomic mass is 10.2. The number of hydrogen-bond donors (Lipinski definition) is 2. The molecule has 0 aromatic heterocycles. The third-order valence-electron chi connectivity index (χ3n) is 3.24. The van der Waals surface area contributed by atoms with Gasteiger partial charge in [-0.25, -0.2) is 17.5 Å². The normalized spacial score (nSPS) is 11.5. The molecule has 0 saturated heterocycles. The molecular formula is C15H25N3O3S. The summed E-state index contributed by atoms with van der Waals surface area (Å²) in [6.45, 7) is 2.89. The van der Waals surface area contributed by atoms with Crippen molar-refractivity contribution in [1.29, 1.82) is 0 Å². The van der Waals surface area contributed by atoms with Crippen LogP contribution in [0.4, 0.5) is 4.79 Å². The van der Waals surface area contributed by atoms with Crippen molar-refractivity contribution in [2.45, 2.75) is 37.6 Å². The van der Waals surface area contributed by atoms with Crippen molar-refractivity contribution >= 4 is 16.1 Å². The number of unbranched alkanes of at least 4 members (excludes halogenated alkanes) is 2. The first kappa shape index (κ1) is 18.4. The topological polar surface area (TPSA) is 78.5 Å². The lowest BCUT2D eigenvalue weighted by molar-refractivity contribution is 0.240. The van der Waals surface area contributed by atoms with E-state index in [1.54, 1.807) is 24.3 Å². The minimum Gasteiger partial charge on any atom is -0.338 e. The van der Waals surface area contributed by atoms with Crippen LogP contribution in [0.3, 0.4) is 0 Å². The molecule has 0 spiro atoms. The van der Waals surface area contributed by atoms with Crippen molar-refractivity contribution in [2.24, 2.45) is 0 Å². The average Bonchev–Trinajstić information content (AvgIpc) is 2.49. The molecule has 0 bridgehead atoms. The van der Waals surface area contributed by atoms with E-state index in [1.165, 1.54) is 14.1 Å². The number of amides is 2. The molecule has 2 N–H and O–H groups in total. The number of nitrogens with zero attached hydrogens (tertiary/aromatic N) is 1. The van der Waals surface area contributed by atoms with E-state index < -0.39 is 10.0 Å². The van der Waals surface area contributed by atoms with E-state index in [-0.39, 0.29) is 17.5 Å². The molecule has 22 heavy (non-hydrogen) atoms. The number of nitrogens with one attached hydrogen (secondary N) is 2. The highest BCUT2D eigenvalue weighted by Gasteiger charge is 2.20. The smallest absolute Gasteiger partial charge is 0.315 e. The maximum absolute atomic E-state index is 12.2. The average molecular weight is 327 g/mol. The van der Waals surface area contributed by atoms with Crippen LogP contribution >= 0.6 is 0 Å². The Morgan fingerprint density at radius 2 is 1.82 bits per heavy atom. The van der Waals surface area contributed by atoms with E-state index in [1.807, 2.05) is 0 Å². The summed E-state index contributed by atoms with van der Waals surface area (Å²) in [7, 11) is -0.546. The van der Waals surface area contributed by atoms with E-state index in [0.717, 1.165) is 23.6 Å². The van der Waals surface area contributed by atoms with Gasteiger partial charge in [0.25, 0.3) is 0 Å². The summed E-state index contributed by atoms with van der Waals surface area (Å²) in [6.07, 6.45) is 3.11. The summed E-state index contributed by atoms with van der Waals surface area (Å²) >= 11 is 0. The number of hydrogen-bond acceptors (Lipinski definition) is 3. The quantitative estimate of drug-likeness (QED) is 0.716. The van der Waals surface area contributed by atoms with Crippen LogP contribution in [0.15, 0.2) is 29.2 Å². The summed E-state index contributed by atoms with van der Waals surface area (Å²) in [4.78, 5) is 11.9. The van der Waals surface area contributed by atoms with E-state index in [2.05, 4.69) is 17.6 Å². The Morgan fingerprint density at radius 1 is 1.14 bits per heavy atom. The van der Waals surface area contributed by atoms with Gasteiger partial charge in [0.15, 0.2) is 0 Å². The Labute approximate surface area is 132 Å². The maximum Gasteiger partial charge on any atom is 0.315 e. The Morgan fingerprint density at radius 3 is 2.45 bits per heavy atom. The molecule has 0 aliphatic carbocycles. The fourth-order valence-corrected chi connectivity index (χ4v) is 3.03. The van der Waals surface area contributed by atoms with Gasteiger partial charge in [-0.1, -0.05) is 38.0 Å². The minimum absolute atomic E-state index is 0.169. The number of urea groups is 1. The van der Waals surface area contributed by atoms with Crippen molar-refractivity contribution in [2.75, 3.05) is 20.6 Å². The summed E-state index contributed by atoms with van der Waals surface area (Å²) in [5.74, 6) is 0. The summed E-state index contributed by atoms with van der Waals surface area (Å²) in [5.41, 5.74) is 0.569. The van der Waals surface area contributed by atoms with Gasteiger partial charge >= 0.3 is 6.03 Å². The van der Waals surface area contributed by atoms with E-state index in [0.29, 0.717) is 12.1 Å². The predicted molar refractivity (Wildman–Crippen MR) is 87.1 cm³/mol. The van der Waals surface area contributed by atoms with Crippen LogP contribution in [0.2, 0.25) is 0 Å². The van der Waals surface area contributed by atoms with E-state index in [9.17, 15) is 13.2 Å². The Kier molecular flexibility index (Phi) is 7.34. The zero-order valence-electron chi connectivity index (χ0n) is 13.4. The highest BCUT2D eigenvalue weighted by molar-refractivity contribution is 7.89. The van der Waals surface area contributed by atoms with Gasteiger partial charge in [0.05, 0.1) is 4.90 Å². The van der Waals surface area contributed by atoms with E-state index in [4.69, 9.17) is 0 Å². The zero-order chi connectivity index (χ0) is 16.6. The molecular weight excluding hydrogens is 302 g/mol. The number of sulfonamides is 1. The zero-order valence-corrected chi connectivity index (χ0v) is 14.2. The van der Waals surface area contributed by atoms with Crippen LogP contribution in [0.1, 0.15) is 31.7 Å². The summed E-state index contributed by atoms with van der Waals surface area (Å²) in [6, 6.07) is 6.39. The molecule has 0 aliphatic heterocycles. The molecule has 1 aromatic carbocycles. The highest BCUT2D eigenvalue weighted by atomic mass is 32.2. The maximum atomic E-state index is 12.2. The molecule has 7 heteroatoms. The summed E-state index contributed by atoms with van der Waals surface area (Å²) in [5, 5.41) is 5.45. The van der Waals surface area contributed by atoms with Gasteiger partial charge in [0.1, 0.15) is 0 Å². The first-order chi connectivity index (χ1) is 10.4. The second kappa shape index (κ2) is 8.75. The fourth-order valence-electron chi connectivity index (χ4n) is 1.91. The Bertz CT molecular complexity index is 585. The molecule has 0 atom stereocenters. The van der Waals surface area contributed by atoms with Crippen LogP contribution in [-0.2, 0) is 16.6 Å². The molecule has 0 saturated carbocycles. The van der Waals surface area contributed by atoms with Crippen molar-refractivity contribution < 1.29 is 13.2 Å². The molecule has 6 nitrogen and oxygen atoms in total. The van der Waals surface area contributed by atoms with Crippen LogP contribution in [-0.4, -0.2) is 39.4 Å². The molecule has 0 radical (unpaired) electrons. The van der Waals surface area contributed by atoms with E-state index >= 15 is 0 Å². The van der Waals surface area contributed by atoms with Crippen LogP contribution in [0.5, 0.6) is 0 Å². The van der Waals surface area contributed by atoms with Crippen LogP contribution in [0, 0.1) is 0 Å². The van der Waals surface area contributed by atoms with Gasteiger partial charge in [-0.15, -0.1) is 0 Å². The molecule has 1 aromatic rings. The Hall–Kier alpha value is -1.60. The third-order valence-corrected chi connectivity index (χ3v) is 5.15. The van der Waals surface area contributed by atoms with Gasteiger partial charge in [0.2, 0.25) is 10.0 Å². The van der Waals surface area contributed by atoms with Gasteiger partial charge < -0.3 is 10.6 Å². The molecule has 0 aliphatic rings. The third kappa shape index (κ3) is 5.31. The second-order valence-corrected chi connectivity index (χ2v) is 7.33. The monoisotopic (exact) mass is 327 g/mol. The van der Waals surface area contributed by atoms with Gasteiger partial charge in [-0.2, -0.15) is 0 Å². The lowest BCUT2D eigenvalue weighted by Crippen LogP contribution is -2.36. The standard InChI is InChI=1S/C15H25N3O3S/c1-4-5-8-11-16-15(19)17-12-13-9-6-7-10-14(13)22(20,21)18(2)3/h6-7,9-10H,4-5,8,11-12H2,1-3H3,(H2,16,17,19). The van der Waals surface area contributed by atoms with Crippen molar-refractivity contribution in [3.05, 3.63) is 29.8 Å². The van der Waals surface area contributed by atoms with Crippen LogP contribution < -0.4 is 10.6 Å². The molecule has 0 heterocycles. The number of carbonyl (C=O) groups excluding carboxylic acids is 1. The number of benzene rings is 1. The van der Waals surface area contributed by atoms with Gasteiger partial charge in [-0.05, 0) is 18.1 Å². The molecule has 0 unspecified atom stereocenters. The summed E-state index contributed by atoms with van der Waals surface area (Å²) < 4.78 is 25.6.